The maximum Gasteiger partial charge on any atom is 0.268 e. The molecule has 312 valence electrons. The van der Waals surface area contributed by atoms with Crippen molar-refractivity contribution in [2.75, 3.05) is 40.9 Å². The summed E-state index contributed by atoms with van der Waals surface area (Å²) < 4.78 is 23.0. The Morgan fingerprint density at radius 2 is 1.13 bits per heavy atom. The molecule has 0 bridgehead atoms. The fourth-order valence-corrected chi connectivity index (χ4v) is 6.25. The molecule has 0 aromatic carbocycles. The van der Waals surface area contributed by atoms with Crippen molar-refractivity contribution in [3.63, 3.8) is 0 Å². The molecule has 0 fully saturated rings. The lowest BCUT2D eigenvalue weighted by atomic mass is 10.1. The third-order valence-corrected chi connectivity index (χ3v) is 9.89. The molecule has 0 aliphatic carbocycles. The number of likely N-dealkylation sites (N-methyl/N-ethyl adjacent to an activating group) is 1. The van der Waals surface area contributed by atoms with Crippen LogP contribution < -0.4 is 10.2 Å². The first kappa shape index (κ1) is 51.9. The molecule has 0 rings (SSSR count). The Bertz CT molecular complexity index is 1110. The highest BCUT2D eigenvalue weighted by atomic mass is 31.2. The van der Waals surface area contributed by atoms with Gasteiger partial charge >= 0.3 is 0 Å². The van der Waals surface area contributed by atoms with Crippen molar-refractivity contribution in [3.05, 3.63) is 72.9 Å². The summed E-state index contributed by atoms with van der Waals surface area (Å²) in [4.78, 5) is 25.1. The molecule has 54 heavy (non-hydrogen) atoms. The largest absolute Gasteiger partial charge is 0.756 e. The quantitative estimate of drug-likeness (QED) is 0.0281. The molecule has 2 N–H and O–H groups in total. The number of unbranched alkanes of at least 4 members (excludes halogenated alkanes) is 14. The van der Waals surface area contributed by atoms with Crippen molar-refractivity contribution in [2.24, 2.45) is 0 Å². The minimum Gasteiger partial charge on any atom is -0.756 e. The van der Waals surface area contributed by atoms with E-state index in [0.29, 0.717) is 17.4 Å². The summed E-state index contributed by atoms with van der Waals surface area (Å²) in [5.74, 6) is -0.213. The van der Waals surface area contributed by atoms with Crippen LogP contribution in [0.25, 0.3) is 0 Å². The third-order valence-electron chi connectivity index (χ3n) is 8.92. The van der Waals surface area contributed by atoms with E-state index in [4.69, 9.17) is 9.05 Å². The fourth-order valence-electron chi connectivity index (χ4n) is 5.53. The number of phosphoric ester groups is 1. The molecule has 0 aliphatic heterocycles. The second-order valence-electron chi connectivity index (χ2n) is 15.3. The second-order valence-corrected chi connectivity index (χ2v) is 16.7. The van der Waals surface area contributed by atoms with Gasteiger partial charge in [0, 0.05) is 6.42 Å². The number of aliphatic hydroxyl groups is 1. The van der Waals surface area contributed by atoms with Crippen molar-refractivity contribution in [2.45, 2.75) is 167 Å². The Hall–Kier alpha value is -2.06. The number of aliphatic hydroxyl groups excluding tert-OH is 1. The number of amides is 1. The van der Waals surface area contributed by atoms with Gasteiger partial charge in [0.25, 0.3) is 7.82 Å². The molecule has 1 amide bonds. The van der Waals surface area contributed by atoms with Crippen LogP contribution in [0.3, 0.4) is 0 Å². The van der Waals surface area contributed by atoms with Gasteiger partial charge in [-0.1, -0.05) is 157 Å². The summed E-state index contributed by atoms with van der Waals surface area (Å²) >= 11 is 0. The zero-order chi connectivity index (χ0) is 40.0. The average molecular weight is 777 g/mol. The van der Waals surface area contributed by atoms with E-state index in [2.05, 4.69) is 79.9 Å². The third kappa shape index (κ3) is 38.2. The first-order chi connectivity index (χ1) is 26.0. The highest BCUT2D eigenvalue weighted by molar-refractivity contribution is 7.45. The van der Waals surface area contributed by atoms with Gasteiger partial charge in [-0.25, -0.2) is 0 Å². The van der Waals surface area contributed by atoms with E-state index < -0.39 is 20.0 Å². The van der Waals surface area contributed by atoms with E-state index in [0.717, 1.165) is 77.0 Å². The Morgan fingerprint density at radius 1 is 0.667 bits per heavy atom. The number of carbonyl (C=O) groups excluding carboxylic acids is 1. The number of hydrogen-bond acceptors (Lipinski definition) is 6. The first-order valence-electron chi connectivity index (χ1n) is 21.3. The fraction of sp³-hybridized carbons (Fsp3) is 0.711. The number of allylic oxidation sites excluding steroid dienone is 11. The standard InChI is InChI=1S/C45H81N2O6P/c1-6-8-10-12-14-15-16-17-18-19-20-21-22-23-24-25-26-27-28-29-30-31-33-35-37-39-45(49)46-43(44(48)38-36-34-32-13-11-9-7-2)42-53-54(50,51)52-41-40-47(3,4)5/h8,10,14-15,17-18,20-21,23-24,36,38,43-44,48H,6-7,9,11-13,16,19,22,25-35,37,39-42H2,1-5H3,(H-,46,49,50,51)/b10-8-,15-14-,18-17-,21-20-,24-23-,38-36+. The van der Waals surface area contributed by atoms with Gasteiger partial charge in [-0.2, -0.15) is 0 Å². The van der Waals surface area contributed by atoms with E-state index in [1.54, 1.807) is 6.08 Å². The van der Waals surface area contributed by atoms with E-state index in [-0.39, 0.29) is 19.1 Å². The topological polar surface area (TPSA) is 108 Å². The van der Waals surface area contributed by atoms with Gasteiger partial charge < -0.3 is 28.8 Å². The second kappa shape index (κ2) is 36.6. The van der Waals surface area contributed by atoms with Gasteiger partial charge in [0.05, 0.1) is 39.9 Å². The minimum atomic E-state index is -4.58. The highest BCUT2D eigenvalue weighted by Crippen LogP contribution is 2.38. The SMILES string of the molecule is CC/C=C\C/C=C\C/C=C\C/C=C\C/C=C\CCCCCCCCCCCC(=O)NC(COP(=O)([O-])OCC[N+](C)(C)C)C(O)/C=C/CCCCCCC. The van der Waals surface area contributed by atoms with Gasteiger partial charge in [0.2, 0.25) is 5.91 Å². The Balaban J connectivity index is 4.20. The molecule has 0 spiro atoms. The normalized spacial score (nSPS) is 15.2. The van der Waals surface area contributed by atoms with Crippen LogP contribution in [0, 0.1) is 0 Å². The van der Waals surface area contributed by atoms with Crippen molar-refractivity contribution in [1.82, 2.24) is 5.32 Å². The Morgan fingerprint density at radius 3 is 1.65 bits per heavy atom. The number of phosphoric acid groups is 1. The Labute approximate surface area is 332 Å². The smallest absolute Gasteiger partial charge is 0.268 e. The lowest BCUT2D eigenvalue weighted by molar-refractivity contribution is -0.870. The van der Waals surface area contributed by atoms with E-state index in [1.165, 1.54) is 57.8 Å². The molecule has 0 aromatic rings. The number of nitrogens with one attached hydrogen (secondary N) is 1. The number of carbonyl (C=O) groups is 1. The molecular weight excluding hydrogens is 695 g/mol. The summed E-state index contributed by atoms with van der Waals surface area (Å²) in [6.45, 7) is 4.44. The van der Waals surface area contributed by atoms with Crippen LogP contribution in [0.1, 0.15) is 155 Å². The van der Waals surface area contributed by atoms with Crippen molar-refractivity contribution in [3.8, 4) is 0 Å². The maximum atomic E-state index is 12.8. The molecule has 0 aromatic heterocycles. The zero-order valence-electron chi connectivity index (χ0n) is 35.1. The van der Waals surface area contributed by atoms with E-state index in [9.17, 15) is 19.4 Å². The zero-order valence-corrected chi connectivity index (χ0v) is 36.0. The maximum absolute atomic E-state index is 12.8. The predicted octanol–water partition coefficient (Wildman–Crippen LogP) is 11.0. The molecule has 0 saturated heterocycles. The minimum absolute atomic E-state index is 0.00635. The molecule has 3 atom stereocenters. The van der Waals surface area contributed by atoms with E-state index in [1.807, 2.05) is 27.2 Å². The summed E-state index contributed by atoms with van der Waals surface area (Å²) in [6, 6.07) is -0.890. The predicted molar refractivity (Wildman–Crippen MR) is 228 cm³/mol. The average Bonchev–Trinajstić information content (AvgIpc) is 3.12. The lowest BCUT2D eigenvalue weighted by Gasteiger charge is -2.29. The number of nitrogens with zero attached hydrogens (tertiary/aromatic N) is 1. The Kier molecular flexibility index (Phi) is 35.2. The van der Waals surface area contributed by atoms with Crippen LogP contribution in [0.2, 0.25) is 0 Å². The summed E-state index contributed by atoms with van der Waals surface area (Å²) in [6.07, 6.45) is 48.3. The molecule has 0 aliphatic rings. The number of quaternary nitrogens is 1. The highest BCUT2D eigenvalue weighted by Gasteiger charge is 2.23. The molecule has 8 nitrogen and oxygen atoms in total. The van der Waals surface area contributed by atoms with Crippen LogP contribution in [0.5, 0.6) is 0 Å². The number of rotatable bonds is 37. The van der Waals surface area contributed by atoms with E-state index >= 15 is 0 Å². The van der Waals surface area contributed by atoms with Gasteiger partial charge in [-0.3, -0.25) is 9.36 Å². The van der Waals surface area contributed by atoms with Gasteiger partial charge in [-0.15, -0.1) is 0 Å². The van der Waals surface area contributed by atoms with Gasteiger partial charge in [-0.05, 0) is 64.2 Å². The molecule has 9 heteroatoms. The van der Waals surface area contributed by atoms with Crippen LogP contribution in [0.4, 0.5) is 0 Å². The summed E-state index contributed by atoms with van der Waals surface area (Å²) in [7, 11) is 1.24. The van der Waals surface area contributed by atoms with Crippen molar-refractivity contribution in [1.29, 1.82) is 0 Å². The van der Waals surface area contributed by atoms with Crippen molar-refractivity contribution >= 4 is 13.7 Å². The molecule has 0 saturated carbocycles. The van der Waals surface area contributed by atoms with Gasteiger partial charge in [0.15, 0.2) is 0 Å². The first-order valence-corrected chi connectivity index (χ1v) is 22.8. The van der Waals surface area contributed by atoms with Crippen LogP contribution in [-0.2, 0) is 18.4 Å². The summed E-state index contributed by atoms with van der Waals surface area (Å²) in [5, 5.41) is 13.6. The molecule has 0 radical (unpaired) electrons. The number of hydrogen-bond donors (Lipinski definition) is 2. The van der Waals surface area contributed by atoms with Crippen molar-refractivity contribution < 1.29 is 32.9 Å². The van der Waals surface area contributed by atoms with Crippen LogP contribution >= 0.6 is 7.82 Å². The van der Waals surface area contributed by atoms with Crippen LogP contribution in [0.15, 0.2) is 72.9 Å². The summed E-state index contributed by atoms with van der Waals surface area (Å²) in [5.41, 5.74) is 0. The molecular formula is C45H81N2O6P. The monoisotopic (exact) mass is 777 g/mol. The lowest BCUT2D eigenvalue weighted by Crippen LogP contribution is -2.45. The molecule has 0 heterocycles. The molecule has 3 unspecified atom stereocenters. The van der Waals surface area contributed by atoms with Gasteiger partial charge in [0.1, 0.15) is 13.2 Å². The van der Waals surface area contributed by atoms with Crippen LogP contribution in [-0.4, -0.2) is 68.5 Å².